The molecule has 0 saturated heterocycles. The van der Waals surface area contributed by atoms with E-state index < -0.39 is 12.1 Å². The number of hydrogen-bond acceptors (Lipinski definition) is 6. The number of aliphatic hydroxyl groups excluding tert-OH is 3. The highest BCUT2D eigenvalue weighted by molar-refractivity contribution is 5.85. The predicted molar refractivity (Wildman–Crippen MR) is 84.9 cm³/mol. The lowest BCUT2D eigenvalue weighted by Gasteiger charge is -2.17. The molecule has 0 amide bonds. The molecule has 0 rings (SSSR count). The van der Waals surface area contributed by atoms with Gasteiger partial charge >= 0.3 is 5.97 Å². The summed E-state index contributed by atoms with van der Waals surface area (Å²) < 4.78 is 0. The van der Waals surface area contributed by atoms with Gasteiger partial charge < -0.3 is 31.1 Å². The van der Waals surface area contributed by atoms with Gasteiger partial charge in [0.25, 0.3) is 0 Å². The summed E-state index contributed by atoms with van der Waals surface area (Å²) in [7, 11) is 0. The van der Waals surface area contributed by atoms with Crippen LogP contribution in [-0.2, 0) is 4.79 Å². The minimum atomic E-state index is -1.23. The van der Waals surface area contributed by atoms with E-state index in [1.54, 1.807) is 0 Å². The smallest absolute Gasteiger partial charge is 0.332 e. The molecule has 0 aliphatic rings. The summed E-state index contributed by atoms with van der Waals surface area (Å²) >= 11 is 0. The van der Waals surface area contributed by atoms with Crippen LogP contribution in [0, 0.1) is 0 Å². The Bertz CT molecular complexity index is 211. The van der Waals surface area contributed by atoms with E-state index in [9.17, 15) is 4.79 Å². The molecule has 8 heteroatoms. The maximum absolute atomic E-state index is 9.45. The van der Waals surface area contributed by atoms with Gasteiger partial charge in [-0.25, -0.2) is 4.79 Å². The summed E-state index contributed by atoms with van der Waals surface area (Å²) in [4.78, 5) is 9.45. The van der Waals surface area contributed by atoms with Crippen molar-refractivity contribution in [2.45, 2.75) is 51.8 Å². The average Bonchev–Trinajstić information content (AvgIpc) is 2.44. The van der Waals surface area contributed by atoms with Crippen LogP contribution in [0.4, 0.5) is 0 Å². The summed E-state index contributed by atoms with van der Waals surface area (Å²) in [6.07, 6.45) is 0.645. The van der Waals surface area contributed by atoms with Crippen LogP contribution in [0.2, 0.25) is 0 Å². The zero-order valence-corrected chi connectivity index (χ0v) is 13.9. The van der Waals surface area contributed by atoms with Crippen LogP contribution in [0.1, 0.15) is 33.6 Å². The minimum absolute atomic E-state index is 0. The molecular formula is C13H31ClN2O5. The van der Waals surface area contributed by atoms with Gasteiger partial charge in [0.2, 0.25) is 0 Å². The van der Waals surface area contributed by atoms with E-state index in [4.69, 9.17) is 20.4 Å². The van der Waals surface area contributed by atoms with Crippen LogP contribution in [0.5, 0.6) is 0 Å². The third-order valence-electron chi connectivity index (χ3n) is 2.77. The number of aliphatic carboxylic acids is 1. The normalized spacial score (nSPS) is 14.2. The lowest BCUT2D eigenvalue weighted by Crippen LogP contribution is -2.40. The van der Waals surface area contributed by atoms with E-state index in [1.807, 2.05) is 13.8 Å². The van der Waals surface area contributed by atoms with E-state index in [2.05, 4.69) is 10.6 Å². The average molecular weight is 331 g/mol. The molecule has 0 aromatic heterocycles. The molecule has 21 heavy (non-hydrogen) atoms. The second kappa shape index (κ2) is 17.6. The zero-order chi connectivity index (χ0) is 16.0. The Hall–Kier alpha value is -0.440. The molecule has 130 valence electrons. The standard InChI is InChI=1S/C10H24N2O2.C3H6O3.ClH/c1-3-9(7-13)11-5-6-12-10(4-2)8-14;1-2(4)3(5)6;/h9-14H,3-8H2,1-2H3;2,4H,1H3,(H,5,6);1H. The van der Waals surface area contributed by atoms with Crippen molar-refractivity contribution in [3.63, 3.8) is 0 Å². The number of carbonyl (C=O) groups is 1. The van der Waals surface area contributed by atoms with Crippen molar-refractivity contribution in [2.75, 3.05) is 26.3 Å². The summed E-state index contributed by atoms with van der Waals surface area (Å²) in [5.74, 6) is -1.19. The molecule has 0 bridgehead atoms. The van der Waals surface area contributed by atoms with E-state index >= 15 is 0 Å². The molecule has 0 spiro atoms. The largest absolute Gasteiger partial charge is 0.479 e. The number of carboxylic acids is 1. The molecule has 6 N–H and O–H groups in total. The molecule has 0 aromatic carbocycles. The molecule has 7 nitrogen and oxygen atoms in total. The third kappa shape index (κ3) is 17.5. The van der Waals surface area contributed by atoms with Crippen LogP contribution < -0.4 is 10.6 Å². The van der Waals surface area contributed by atoms with Crippen molar-refractivity contribution in [1.82, 2.24) is 10.6 Å². The number of nitrogens with one attached hydrogen (secondary N) is 2. The van der Waals surface area contributed by atoms with Gasteiger partial charge in [0.05, 0.1) is 13.2 Å². The second-order valence-electron chi connectivity index (χ2n) is 4.50. The van der Waals surface area contributed by atoms with E-state index in [0.29, 0.717) is 0 Å². The van der Waals surface area contributed by atoms with Crippen molar-refractivity contribution < 1.29 is 25.2 Å². The van der Waals surface area contributed by atoms with Gasteiger partial charge in [-0.05, 0) is 19.8 Å². The fraction of sp³-hybridized carbons (Fsp3) is 0.923. The number of rotatable bonds is 10. The SMILES string of the molecule is CC(O)C(=O)O.CCC(CO)NCCNC(CC)CO.Cl. The molecule has 0 radical (unpaired) electrons. The third-order valence-corrected chi connectivity index (χ3v) is 2.77. The van der Waals surface area contributed by atoms with E-state index in [-0.39, 0.29) is 37.7 Å². The summed E-state index contributed by atoms with van der Waals surface area (Å²) in [6, 6.07) is 0.400. The Morgan fingerprint density at radius 2 is 1.29 bits per heavy atom. The maximum Gasteiger partial charge on any atom is 0.332 e. The first-order valence-corrected chi connectivity index (χ1v) is 7.02. The van der Waals surface area contributed by atoms with Crippen molar-refractivity contribution in [3.05, 3.63) is 0 Å². The molecule has 0 aliphatic heterocycles. The van der Waals surface area contributed by atoms with Gasteiger partial charge in [-0.15, -0.1) is 12.4 Å². The van der Waals surface area contributed by atoms with Crippen molar-refractivity contribution >= 4 is 18.4 Å². The van der Waals surface area contributed by atoms with E-state index in [1.165, 1.54) is 6.92 Å². The second-order valence-corrected chi connectivity index (χ2v) is 4.50. The highest BCUT2D eigenvalue weighted by atomic mass is 35.5. The topological polar surface area (TPSA) is 122 Å². The predicted octanol–water partition coefficient (Wildman–Crippen LogP) is -0.419. The van der Waals surface area contributed by atoms with Crippen LogP contribution >= 0.6 is 12.4 Å². The molecule has 0 saturated carbocycles. The highest BCUT2D eigenvalue weighted by Crippen LogP contribution is 1.89. The number of halogens is 1. The van der Waals surface area contributed by atoms with Crippen LogP contribution in [-0.4, -0.2) is 70.9 Å². The van der Waals surface area contributed by atoms with E-state index in [0.717, 1.165) is 25.9 Å². The molecule has 0 aromatic rings. The van der Waals surface area contributed by atoms with Crippen LogP contribution in [0.3, 0.4) is 0 Å². The quantitative estimate of drug-likeness (QED) is 0.301. The minimum Gasteiger partial charge on any atom is -0.479 e. The molecule has 0 fully saturated rings. The van der Waals surface area contributed by atoms with Gasteiger partial charge in [-0.3, -0.25) is 0 Å². The fourth-order valence-corrected chi connectivity index (χ4v) is 1.23. The Morgan fingerprint density at radius 3 is 1.43 bits per heavy atom. The summed E-state index contributed by atoms with van der Waals surface area (Å²) in [6.45, 7) is 7.32. The first kappa shape index (κ1) is 25.5. The molecule has 3 unspecified atom stereocenters. The Kier molecular flexibility index (Phi) is 21.4. The first-order chi connectivity index (χ1) is 9.42. The van der Waals surface area contributed by atoms with Crippen LogP contribution in [0.15, 0.2) is 0 Å². The monoisotopic (exact) mass is 330 g/mol. The molecule has 3 atom stereocenters. The van der Waals surface area contributed by atoms with Crippen LogP contribution in [0.25, 0.3) is 0 Å². The number of carboxylic acid groups (broad SMARTS) is 1. The fourth-order valence-electron chi connectivity index (χ4n) is 1.23. The molecular weight excluding hydrogens is 300 g/mol. The Morgan fingerprint density at radius 1 is 1.00 bits per heavy atom. The highest BCUT2D eigenvalue weighted by Gasteiger charge is 2.04. The molecule has 0 heterocycles. The number of hydrogen-bond donors (Lipinski definition) is 6. The van der Waals surface area contributed by atoms with Crippen molar-refractivity contribution in [3.8, 4) is 0 Å². The van der Waals surface area contributed by atoms with Gasteiger partial charge in [-0.2, -0.15) is 0 Å². The van der Waals surface area contributed by atoms with Gasteiger partial charge in [0.15, 0.2) is 0 Å². The summed E-state index contributed by atoms with van der Waals surface area (Å²) in [5, 5.41) is 40.0. The van der Waals surface area contributed by atoms with Crippen molar-refractivity contribution in [2.24, 2.45) is 0 Å². The van der Waals surface area contributed by atoms with Gasteiger partial charge in [-0.1, -0.05) is 13.8 Å². The lowest BCUT2D eigenvalue weighted by molar-refractivity contribution is -0.145. The Labute approximate surface area is 133 Å². The Balaban J connectivity index is -0.000000394. The number of aliphatic hydroxyl groups is 3. The van der Waals surface area contributed by atoms with Gasteiger partial charge in [0, 0.05) is 25.2 Å². The first-order valence-electron chi connectivity index (χ1n) is 7.02. The molecule has 0 aliphatic carbocycles. The lowest BCUT2D eigenvalue weighted by atomic mass is 10.2. The van der Waals surface area contributed by atoms with Crippen molar-refractivity contribution in [1.29, 1.82) is 0 Å². The van der Waals surface area contributed by atoms with Gasteiger partial charge in [0.1, 0.15) is 6.10 Å². The maximum atomic E-state index is 9.45. The summed E-state index contributed by atoms with van der Waals surface area (Å²) in [5.41, 5.74) is 0. The zero-order valence-electron chi connectivity index (χ0n) is 13.1.